The molecule has 116 valence electrons. The number of carboxylic acids is 1. The van der Waals surface area contributed by atoms with Crippen molar-refractivity contribution in [3.63, 3.8) is 0 Å². The van der Waals surface area contributed by atoms with Crippen LogP contribution in [0.5, 0.6) is 0 Å². The zero-order chi connectivity index (χ0) is 16.6. The second-order valence-corrected chi connectivity index (χ2v) is 5.36. The summed E-state index contributed by atoms with van der Waals surface area (Å²) in [6, 6.07) is 12.2. The number of fused-ring (bicyclic) bond motifs is 1. The molecule has 0 atom stereocenters. The van der Waals surface area contributed by atoms with E-state index in [1.54, 1.807) is 32.0 Å². The van der Waals surface area contributed by atoms with Gasteiger partial charge in [0, 0.05) is 10.9 Å². The molecule has 1 heterocycles. The quantitative estimate of drug-likeness (QED) is 0.766. The van der Waals surface area contributed by atoms with Crippen LogP contribution in [0.15, 0.2) is 46.9 Å². The van der Waals surface area contributed by atoms with Gasteiger partial charge >= 0.3 is 5.97 Å². The van der Waals surface area contributed by atoms with Crippen molar-refractivity contribution in [1.82, 2.24) is 0 Å². The molecule has 2 N–H and O–H groups in total. The normalized spacial score (nSPS) is 10.7. The van der Waals surface area contributed by atoms with E-state index in [1.165, 1.54) is 6.07 Å². The maximum atomic E-state index is 12.5. The monoisotopic (exact) mass is 309 g/mol. The van der Waals surface area contributed by atoms with Crippen LogP contribution in [-0.4, -0.2) is 17.0 Å². The van der Waals surface area contributed by atoms with Crippen LogP contribution in [0.25, 0.3) is 11.0 Å². The lowest BCUT2D eigenvalue weighted by atomic mass is 10.1. The predicted octanol–water partition coefficient (Wildman–Crippen LogP) is 4.00. The Labute approximate surface area is 132 Å². The van der Waals surface area contributed by atoms with Crippen LogP contribution in [0.2, 0.25) is 0 Å². The van der Waals surface area contributed by atoms with E-state index in [1.807, 2.05) is 18.2 Å². The van der Waals surface area contributed by atoms with Crippen LogP contribution in [0.4, 0.5) is 5.69 Å². The van der Waals surface area contributed by atoms with Crippen molar-refractivity contribution < 1.29 is 19.1 Å². The largest absolute Gasteiger partial charge is 0.478 e. The maximum absolute atomic E-state index is 12.5. The summed E-state index contributed by atoms with van der Waals surface area (Å²) in [5, 5.41) is 12.8. The van der Waals surface area contributed by atoms with Gasteiger partial charge in [0.05, 0.1) is 11.3 Å². The first kappa shape index (κ1) is 14.8. The van der Waals surface area contributed by atoms with E-state index in [9.17, 15) is 14.7 Å². The molecule has 23 heavy (non-hydrogen) atoms. The lowest BCUT2D eigenvalue weighted by Crippen LogP contribution is -2.15. The number of rotatable bonds is 3. The van der Waals surface area contributed by atoms with Crippen molar-refractivity contribution in [2.45, 2.75) is 13.8 Å². The van der Waals surface area contributed by atoms with E-state index in [0.29, 0.717) is 5.58 Å². The summed E-state index contributed by atoms with van der Waals surface area (Å²) in [5.41, 5.74) is 2.44. The molecule has 2 aromatic carbocycles. The fraction of sp³-hybridized carbons (Fsp3) is 0.111. The van der Waals surface area contributed by atoms with Crippen molar-refractivity contribution in [2.75, 3.05) is 5.32 Å². The number of hydrogen-bond donors (Lipinski definition) is 2. The molecule has 0 saturated heterocycles. The molecule has 1 amide bonds. The average Bonchev–Trinajstić information content (AvgIpc) is 2.86. The lowest BCUT2D eigenvalue weighted by molar-refractivity contribution is 0.0698. The molecule has 3 aromatic rings. The van der Waals surface area contributed by atoms with Crippen molar-refractivity contribution >= 4 is 28.5 Å². The molecule has 0 aliphatic carbocycles. The highest BCUT2D eigenvalue weighted by Crippen LogP contribution is 2.26. The minimum absolute atomic E-state index is 0.0483. The fourth-order valence-electron chi connectivity index (χ4n) is 2.51. The Kier molecular flexibility index (Phi) is 3.62. The Morgan fingerprint density at radius 2 is 1.83 bits per heavy atom. The number of aryl methyl sites for hydroxylation is 2. The van der Waals surface area contributed by atoms with Gasteiger partial charge in [-0.1, -0.05) is 29.8 Å². The molecule has 0 saturated carbocycles. The van der Waals surface area contributed by atoms with Gasteiger partial charge in [-0.05, 0) is 32.0 Å². The Morgan fingerprint density at radius 1 is 1.09 bits per heavy atom. The molecule has 0 unspecified atom stereocenters. The topological polar surface area (TPSA) is 79.5 Å². The molecule has 0 aliphatic heterocycles. The van der Waals surface area contributed by atoms with E-state index < -0.39 is 11.9 Å². The maximum Gasteiger partial charge on any atom is 0.337 e. The van der Waals surface area contributed by atoms with Crippen LogP contribution in [0.1, 0.15) is 32.0 Å². The second-order valence-electron chi connectivity index (χ2n) is 5.36. The summed E-state index contributed by atoms with van der Waals surface area (Å²) in [5.74, 6) is -1.38. The molecule has 0 aliphatic rings. The number of anilines is 1. The smallest absolute Gasteiger partial charge is 0.337 e. The molecule has 1 aromatic heterocycles. The van der Waals surface area contributed by atoms with Gasteiger partial charge in [0.1, 0.15) is 5.58 Å². The van der Waals surface area contributed by atoms with E-state index in [4.69, 9.17) is 4.42 Å². The number of carbonyl (C=O) groups is 2. The number of amides is 1. The number of nitrogens with one attached hydrogen (secondary N) is 1. The van der Waals surface area contributed by atoms with Gasteiger partial charge in [0.15, 0.2) is 5.76 Å². The lowest BCUT2D eigenvalue weighted by Gasteiger charge is -2.08. The number of aromatic carboxylic acids is 1. The molecule has 0 bridgehead atoms. The summed E-state index contributed by atoms with van der Waals surface area (Å²) in [7, 11) is 0. The third kappa shape index (κ3) is 2.68. The standard InChI is InChI=1S/C18H15NO4/c1-10-7-8-14(13(9-10)18(21)22)19-17(20)16-11(2)12-5-3-4-6-15(12)23-16/h3-9H,1-2H3,(H,19,20)(H,21,22). The van der Waals surface area contributed by atoms with Crippen molar-refractivity contribution in [3.8, 4) is 0 Å². The average molecular weight is 309 g/mol. The zero-order valence-corrected chi connectivity index (χ0v) is 12.7. The Morgan fingerprint density at radius 3 is 2.52 bits per heavy atom. The Bertz CT molecular complexity index is 924. The highest BCUT2D eigenvalue weighted by molar-refractivity contribution is 6.09. The minimum Gasteiger partial charge on any atom is -0.478 e. The third-order valence-corrected chi connectivity index (χ3v) is 3.70. The summed E-state index contributed by atoms with van der Waals surface area (Å²) in [6.07, 6.45) is 0. The van der Waals surface area contributed by atoms with Crippen LogP contribution < -0.4 is 5.32 Å². The second kappa shape index (κ2) is 5.61. The summed E-state index contributed by atoms with van der Waals surface area (Å²) < 4.78 is 5.60. The number of furan rings is 1. The minimum atomic E-state index is -1.09. The first-order valence-electron chi connectivity index (χ1n) is 7.11. The highest BCUT2D eigenvalue weighted by atomic mass is 16.4. The van der Waals surface area contributed by atoms with Gasteiger partial charge in [0.2, 0.25) is 0 Å². The molecule has 5 nitrogen and oxygen atoms in total. The highest BCUT2D eigenvalue weighted by Gasteiger charge is 2.19. The number of hydrogen-bond acceptors (Lipinski definition) is 3. The molecular weight excluding hydrogens is 294 g/mol. The molecule has 5 heteroatoms. The van der Waals surface area contributed by atoms with Gasteiger partial charge in [-0.3, -0.25) is 4.79 Å². The van der Waals surface area contributed by atoms with E-state index in [2.05, 4.69) is 5.32 Å². The number of benzene rings is 2. The molecule has 0 spiro atoms. The van der Waals surface area contributed by atoms with Crippen LogP contribution in [-0.2, 0) is 0 Å². The van der Waals surface area contributed by atoms with Gasteiger partial charge in [-0.15, -0.1) is 0 Å². The SMILES string of the molecule is Cc1ccc(NC(=O)c2oc3ccccc3c2C)c(C(=O)O)c1. The predicted molar refractivity (Wildman–Crippen MR) is 87.0 cm³/mol. The van der Waals surface area contributed by atoms with Gasteiger partial charge in [-0.2, -0.15) is 0 Å². The first-order chi connectivity index (χ1) is 11.0. The number of carbonyl (C=O) groups excluding carboxylic acids is 1. The number of carboxylic acid groups (broad SMARTS) is 1. The zero-order valence-electron chi connectivity index (χ0n) is 12.7. The van der Waals surface area contributed by atoms with E-state index in [-0.39, 0.29) is 17.0 Å². The fourth-order valence-corrected chi connectivity index (χ4v) is 2.51. The molecular formula is C18H15NO4. The number of para-hydroxylation sites is 1. The van der Waals surface area contributed by atoms with E-state index in [0.717, 1.165) is 16.5 Å². The van der Waals surface area contributed by atoms with Crippen LogP contribution in [0.3, 0.4) is 0 Å². The van der Waals surface area contributed by atoms with Crippen molar-refractivity contribution in [1.29, 1.82) is 0 Å². The van der Waals surface area contributed by atoms with Gasteiger partial charge < -0.3 is 14.8 Å². The third-order valence-electron chi connectivity index (χ3n) is 3.70. The van der Waals surface area contributed by atoms with Crippen molar-refractivity contribution in [2.24, 2.45) is 0 Å². The molecule has 0 radical (unpaired) electrons. The van der Waals surface area contributed by atoms with E-state index >= 15 is 0 Å². The molecule has 3 rings (SSSR count). The van der Waals surface area contributed by atoms with Gasteiger partial charge in [0.25, 0.3) is 5.91 Å². The van der Waals surface area contributed by atoms with Crippen LogP contribution >= 0.6 is 0 Å². The Balaban J connectivity index is 1.98. The summed E-state index contributed by atoms with van der Waals surface area (Å²) in [4.78, 5) is 23.8. The summed E-state index contributed by atoms with van der Waals surface area (Å²) in [6.45, 7) is 3.59. The Hall–Kier alpha value is -3.08. The van der Waals surface area contributed by atoms with Crippen LogP contribution in [0, 0.1) is 13.8 Å². The van der Waals surface area contributed by atoms with Crippen molar-refractivity contribution in [3.05, 3.63) is 64.9 Å². The summed E-state index contributed by atoms with van der Waals surface area (Å²) >= 11 is 0. The molecule has 0 fully saturated rings. The van der Waals surface area contributed by atoms with Gasteiger partial charge in [-0.25, -0.2) is 4.79 Å². The first-order valence-corrected chi connectivity index (χ1v) is 7.11.